The van der Waals surface area contributed by atoms with Crippen molar-refractivity contribution in [3.05, 3.63) is 28.2 Å². The van der Waals surface area contributed by atoms with Gasteiger partial charge in [-0.05, 0) is 20.8 Å². The minimum atomic E-state index is 0.111. The lowest BCUT2D eigenvalue weighted by molar-refractivity contribution is 0.414. The molecule has 2 rings (SSSR count). The molecule has 0 aromatic carbocycles. The summed E-state index contributed by atoms with van der Waals surface area (Å²) in [4.78, 5) is 10.0. The fourth-order valence-corrected chi connectivity index (χ4v) is 3.43. The van der Waals surface area contributed by atoms with Crippen molar-refractivity contribution in [1.82, 2.24) is 25.1 Å². The monoisotopic (exact) mass is 307 g/mol. The highest BCUT2D eigenvalue weighted by Gasteiger charge is 2.23. The largest absolute Gasteiger partial charge is 0.305 e. The third-order valence-corrected chi connectivity index (χ3v) is 5.10. The maximum Gasteiger partial charge on any atom is 0.137 e. The number of nitrogens with one attached hydrogen (secondary N) is 1. The Morgan fingerprint density at radius 1 is 1.33 bits per heavy atom. The zero-order chi connectivity index (χ0) is 15.6. The van der Waals surface area contributed by atoms with Gasteiger partial charge in [0.15, 0.2) is 0 Å². The predicted molar refractivity (Wildman–Crippen MR) is 86.6 cm³/mol. The molecule has 116 valence electrons. The van der Waals surface area contributed by atoms with Crippen LogP contribution in [-0.4, -0.2) is 25.8 Å². The highest BCUT2D eigenvalue weighted by molar-refractivity contribution is 7.12. The first-order valence-electron chi connectivity index (χ1n) is 7.33. The third kappa shape index (κ3) is 4.11. The number of nitrogens with zero attached hydrogens (tertiary/aromatic N) is 4. The minimum Gasteiger partial charge on any atom is -0.305 e. The van der Waals surface area contributed by atoms with Crippen molar-refractivity contribution in [3.8, 4) is 0 Å². The molecule has 0 spiro atoms. The van der Waals surface area contributed by atoms with Crippen LogP contribution in [0, 0.1) is 6.92 Å². The maximum atomic E-state index is 4.74. The summed E-state index contributed by atoms with van der Waals surface area (Å²) in [6, 6.07) is 0.610. The van der Waals surface area contributed by atoms with Gasteiger partial charge in [-0.25, -0.2) is 9.97 Å². The number of rotatable bonds is 5. The van der Waals surface area contributed by atoms with Gasteiger partial charge in [0.2, 0.25) is 0 Å². The first kappa shape index (κ1) is 16.1. The number of aromatic nitrogens is 4. The molecule has 0 saturated carbocycles. The van der Waals surface area contributed by atoms with E-state index in [4.69, 9.17) is 4.98 Å². The quantitative estimate of drug-likeness (QED) is 0.922. The van der Waals surface area contributed by atoms with Crippen molar-refractivity contribution >= 4 is 11.3 Å². The van der Waals surface area contributed by atoms with Crippen molar-refractivity contribution in [2.24, 2.45) is 0 Å². The molecule has 0 aliphatic heterocycles. The molecule has 1 N–H and O–H groups in total. The second-order valence-electron chi connectivity index (χ2n) is 6.63. The lowest BCUT2D eigenvalue weighted by Gasteiger charge is -2.19. The lowest BCUT2D eigenvalue weighted by Crippen LogP contribution is -2.32. The first-order chi connectivity index (χ1) is 9.77. The Morgan fingerprint density at radius 2 is 2.05 bits per heavy atom. The van der Waals surface area contributed by atoms with Crippen LogP contribution in [0.5, 0.6) is 0 Å². The van der Waals surface area contributed by atoms with Crippen molar-refractivity contribution in [1.29, 1.82) is 0 Å². The summed E-state index contributed by atoms with van der Waals surface area (Å²) >= 11 is 1.82. The summed E-state index contributed by atoms with van der Waals surface area (Å²) < 4.78 is 1.85. The molecule has 0 radical (unpaired) electrons. The second kappa shape index (κ2) is 6.23. The summed E-state index contributed by atoms with van der Waals surface area (Å²) in [5.74, 6) is 0. The fourth-order valence-electron chi connectivity index (χ4n) is 2.29. The molecule has 0 aliphatic carbocycles. The zero-order valence-electron chi connectivity index (χ0n) is 13.7. The molecule has 2 aromatic rings. The average Bonchev–Trinajstić information content (AvgIpc) is 2.97. The van der Waals surface area contributed by atoms with Crippen LogP contribution in [0.3, 0.4) is 0 Å². The van der Waals surface area contributed by atoms with Crippen molar-refractivity contribution in [2.45, 2.75) is 65.6 Å². The Labute approximate surface area is 130 Å². The van der Waals surface area contributed by atoms with Gasteiger partial charge in [-0.15, -0.1) is 11.3 Å². The normalized spacial score (nSPS) is 15.1. The van der Waals surface area contributed by atoms with Gasteiger partial charge in [0.05, 0.1) is 17.2 Å². The molecule has 21 heavy (non-hydrogen) atoms. The van der Waals surface area contributed by atoms with Gasteiger partial charge >= 0.3 is 0 Å². The zero-order valence-corrected chi connectivity index (χ0v) is 14.5. The van der Waals surface area contributed by atoms with Crippen molar-refractivity contribution < 1.29 is 0 Å². The highest BCUT2D eigenvalue weighted by Crippen LogP contribution is 2.32. The Balaban J connectivity index is 2.03. The Hall–Kier alpha value is -1.27. The molecule has 0 saturated heterocycles. The topological polar surface area (TPSA) is 55.6 Å². The van der Waals surface area contributed by atoms with Gasteiger partial charge in [-0.2, -0.15) is 5.10 Å². The Bertz CT molecular complexity index is 567. The van der Waals surface area contributed by atoms with Crippen LogP contribution < -0.4 is 5.32 Å². The van der Waals surface area contributed by atoms with Crippen molar-refractivity contribution in [2.75, 3.05) is 0 Å². The second-order valence-corrected chi connectivity index (χ2v) is 7.66. The van der Waals surface area contributed by atoms with Gasteiger partial charge < -0.3 is 5.32 Å². The third-order valence-electron chi connectivity index (χ3n) is 3.33. The van der Waals surface area contributed by atoms with Crippen LogP contribution in [0.4, 0.5) is 0 Å². The molecular formula is C15H25N5S. The average molecular weight is 307 g/mol. The van der Waals surface area contributed by atoms with E-state index in [2.05, 4.69) is 56.9 Å². The van der Waals surface area contributed by atoms with Gasteiger partial charge in [-0.1, -0.05) is 20.8 Å². The number of hydrogen-bond donors (Lipinski definition) is 1. The number of aryl methyl sites for hydroxylation is 1. The molecule has 6 heteroatoms. The summed E-state index contributed by atoms with van der Waals surface area (Å²) in [5.41, 5.74) is 1.25. The molecule has 0 bridgehead atoms. The lowest BCUT2D eigenvalue weighted by atomic mass is 9.98. The minimum absolute atomic E-state index is 0.111. The van der Waals surface area contributed by atoms with E-state index < -0.39 is 0 Å². The van der Waals surface area contributed by atoms with Gasteiger partial charge in [0, 0.05) is 22.4 Å². The van der Waals surface area contributed by atoms with E-state index in [1.165, 1.54) is 9.88 Å². The smallest absolute Gasteiger partial charge is 0.137 e. The number of thiazole rings is 1. The van der Waals surface area contributed by atoms with E-state index in [1.54, 1.807) is 12.7 Å². The molecule has 2 aromatic heterocycles. The Morgan fingerprint density at radius 3 is 2.57 bits per heavy atom. The number of hydrogen-bond acceptors (Lipinski definition) is 5. The molecule has 0 aliphatic rings. The first-order valence-corrected chi connectivity index (χ1v) is 8.15. The maximum absolute atomic E-state index is 4.74. The van der Waals surface area contributed by atoms with Gasteiger partial charge in [-0.3, -0.25) is 4.68 Å². The van der Waals surface area contributed by atoms with Crippen LogP contribution in [0.15, 0.2) is 12.7 Å². The summed E-state index contributed by atoms with van der Waals surface area (Å²) in [6.45, 7) is 13.9. The van der Waals surface area contributed by atoms with Gasteiger partial charge in [0.1, 0.15) is 12.7 Å². The van der Waals surface area contributed by atoms with Crippen LogP contribution in [0.25, 0.3) is 0 Å². The molecule has 2 heterocycles. The molecule has 0 fully saturated rings. The molecule has 2 atom stereocenters. The van der Waals surface area contributed by atoms with E-state index in [1.807, 2.05) is 16.0 Å². The van der Waals surface area contributed by atoms with Crippen molar-refractivity contribution in [3.63, 3.8) is 0 Å². The summed E-state index contributed by atoms with van der Waals surface area (Å²) in [6.07, 6.45) is 3.32. The van der Waals surface area contributed by atoms with Gasteiger partial charge in [0.25, 0.3) is 0 Å². The van der Waals surface area contributed by atoms with Crippen LogP contribution in [0.2, 0.25) is 0 Å². The van der Waals surface area contributed by atoms with E-state index >= 15 is 0 Å². The van der Waals surface area contributed by atoms with Crippen LogP contribution in [-0.2, 0) is 12.0 Å². The van der Waals surface area contributed by atoms with Crippen LogP contribution >= 0.6 is 11.3 Å². The Kier molecular flexibility index (Phi) is 4.78. The molecular weight excluding hydrogens is 282 g/mol. The highest BCUT2D eigenvalue weighted by atomic mass is 32.1. The molecule has 5 nitrogen and oxygen atoms in total. The standard InChI is InChI=1S/C15H25N5S/c1-10(7-20-9-16-8-17-20)18-11(2)13-12(3)19-14(21-13)15(4,5)6/h8-11,18H,7H2,1-6H3/t10-,11-/m1/s1. The van der Waals surface area contributed by atoms with E-state index in [0.717, 1.165) is 12.2 Å². The van der Waals surface area contributed by atoms with E-state index in [9.17, 15) is 0 Å². The SMILES string of the molecule is Cc1nc(C(C)(C)C)sc1[C@@H](C)N[C@H](C)Cn1cncn1. The predicted octanol–water partition coefficient (Wildman–Crippen LogP) is 3.08. The van der Waals surface area contributed by atoms with E-state index in [-0.39, 0.29) is 11.5 Å². The van der Waals surface area contributed by atoms with E-state index in [0.29, 0.717) is 6.04 Å². The summed E-state index contributed by atoms with van der Waals surface area (Å²) in [7, 11) is 0. The molecule has 0 amide bonds. The summed E-state index contributed by atoms with van der Waals surface area (Å²) in [5, 5.41) is 8.97. The molecule has 0 unspecified atom stereocenters. The van der Waals surface area contributed by atoms with Crippen LogP contribution in [0.1, 0.15) is 56.2 Å². The fraction of sp³-hybridized carbons (Fsp3) is 0.667.